The van der Waals surface area contributed by atoms with Gasteiger partial charge in [-0.05, 0) is 31.9 Å². The summed E-state index contributed by atoms with van der Waals surface area (Å²) in [5, 5.41) is 9.49. The van der Waals surface area contributed by atoms with Crippen LogP contribution in [0.25, 0.3) is 6.08 Å². The molecular weight excluding hydrogens is 377 g/mol. The zero-order valence-corrected chi connectivity index (χ0v) is 15.8. The molecule has 0 saturated heterocycles. The lowest BCUT2D eigenvalue weighted by Gasteiger charge is -2.09. The van der Waals surface area contributed by atoms with Crippen LogP contribution in [-0.4, -0.2) is 32.7 Å². The second-order valence-electron chi connectivity index (χ2n) is 6.47. The van der Waals surface area contributed by atoms with Crippen LogP contribution in [-0.2, 0) is 11.2 Å². The summed E-state index contributed by atoms with van der Waals surface area (Å²) in [6.45, 7) is 3.95. The third-order valence-corrected chi connectivity index (χ3v) is 4.28. The molecule has 2 aromatic heterocycles. The van der Waals surface area contributed by atoms with E-state index in [-0.39, 0.29) is 23.9 Å². The summed E-state index contributed by atoms with van der Waals surface area (Å²) in [7, 11) is 0. The lowest BCUT2D eigenvalue weighted by Crippen LogP contribution is -2.04. The smallest absolute Gasteiger partial charge is 0.356 e. The third kappa shape index (κ3) is 3.93. The molecule has 29 heavy (non-hydrogen) atoms. The largest absolute Gasteiger partial charge is 0.461 e. The van der Waals surface area contributed by atoms with Crippen molar-refractivity contribution in [3.05, 3.63) is 58.8 Å². The molecule has 0 aliphatic heterocycles. The van der Waals surface area contributed by atoms with Crippen molar-refractivity contribution in [1.29, 1.82) is 0 Å². The van der Waals surface area contributed by atoms with Gasteiger partial charge in [-0.1, -0.05) is 17.7 Å². The number of ether oxygens (including phenoxy) is 2. The van der Waals surface area contributed by atoms with Crippen LogP contribution in [0.5, 0.6) is 11.6 Å². The van der Waals surface area contributed by atoms with Crippen molar-refractivity contribution in [2.75, 3.05) is 11.9 Å². The Balaban J connectivity index is 1.50. The summed E-state index contributed by atoms with van der Waals surface area (Å²) in [5.74, 6) is 0.0659. The normalized spacial score (nSPS) is 12.3. The molecule has 1 aromatic carbocycles. The number of benzene rings is 1. The number of hydrogen-bond donors (Lipinski definition) is 2. The standard InChI is InChI=1S/C20H18FN5O3/c1-3-28-20(27)14-8-17(26-25-14)24-16-9-18(23-10-22-16)29-15-5-4-12-6-11(2)7-13(12)19(15)21/h4-5,7-10H,3,6H2,1-2H3,(H2,22,23,24,25,26). The number of carbonyl (C=O) groups is 1. The van der Waals surface area contributed by atoms with E-state index >= 15 is 0 Å². The second-order valence-corrected chi connectivity index (χ2v) is 6.47. The van der Waals surface area contributed by atoms with E-state index in [0.717, 1.165) is 17.6 Å². The van der Waals surface area contributed by atoms with Crippen LogP contribution in [0.2, 0.25) is 0 Å². The topological polar surface area (TPSA) is 102 Å². The maximum Gasteiger partial charge on any atom is 0.356 e. The number of fused-ring (bicyclic) bond motifs is 1. The summed E-state index contributed by atoms with van der Waals surface area (Å²) in [4.78, 5) is 19.8. The van der Waals surface area contributed by atoms with Gasteiger partial charge in [-0.25, -0.2) is 19.2 Å². The van der Waals surface area contributed by atoms with Crippen molar-refractivity contribution in [2.45, 2.75) is 20.3 Å². The average molecular weight is 395 g/mol. The molecule has 8 nitrogen and oxygen atoms in total. The molecule has 9 heteroatoms. The van der Waals surface area contributed by atoms with Crippen molar-refractivity contribution < 1.29 is 18.7 Å². The molecule has 2 heterocycles. The van der Waals surface area contributed by atoms with E-state index in [9.17, 15) is 9.18 Å². The SMILES string of the molecule is CCOC(=O)c1cc(Nc2cc(Oc3ccc4c(c3F)C=C(C)C4)ncn2)n[nH]1. The Bertz CT molecular complexity index is 1110. The number of anilines is 2. The molecule has 1 aliphatic carbocycles. The van der Waals surface area contributed by atoms with Gasteiger partial charge in [0.2, 0.25) is 5.88 Å². The van der Waals surface area contributed by atoms with Gasteiger partial charge in [0.25, 0.3) is 0 Å². The van der Waals surface area contributed by atoms with Gasteiger partial charge in [0, 0.05) is 17.7 Å². The van der Waals surface area contributed by atoms with E-state index in [1.165, 1.54) is 18.5 Å². The number of H-pyrrole nitrogens is 1. The van der Waals surface area contributed by atoms with E-state index in [4.69, 9.17) is 9.47 Å². The van der Waals surface area contributed by atoms with E-state index < -0.39 is 11.8 Å². The number of halogens is 1. The lowest BCUT2D eigenvalue weighted by atomic mass is 10.1. The molecule has 0 spiro atoms. The van der Waals surface area contributed by atoms with E-state index in [1.54, 1.807) is 13.0 Å². The van der Waals surface area contributed by atoms with Crippen molar-refractivity contribution in [2.24, 2.45) is 0 Å². The monoisotopic (exact) mass is 395 g/mol. The van der Waals surface area contributed by atoms with Crippen LogP contribution in [0.3, 0.4) is 0 Å². The molecule has 0 radical (unpaired) electrons. The van der Waals surface area contributed by atoms with Gasteiger partial charge in [0.15, 0.2) is 17.4 Å². The molecule has 0 amide bonds. The van der Waals surface area contributed by atoms with E-state index in [2.05, 4.69) is 25.5 Å². The maximum absolute atomic E-state index is 14.7. The lowest BCUT2D eigenvalue weighted by molar-refractivity contribution is 0.0519. The fraction of sp³-hybridized carbons (Fsp3) is 0.200. The number of rotatable bonds is 6. The predicted molar refractivity (Wildman–Crippen MR) is 104 cm³/mol. The quantitative estimate of drug-likeness (QED) is 0.608. The highest BCUT2D eigenvalue weighted by Gasteiger charge is 2.18. The number of allylic oxidation sites excluding steroid dienone is 1. The van der Waals surface area contributed by atoms with E-state index in [1.807, 2.05) is 19.1 Å². The molecule has 148 valence electrons. The summed E-state index contributed by atoms with van der Waals surface area (Å²) in [6.07, 6.45) is 3.85. The van der Waals surface area contributed by atoms with Crippen molar-refractivity contribution in [1.82, 2.24) is 20.2 Å². The number of esters is 1. The third-order valence-electron chi connectivity index (χ3n) is 4.28. The van der Waals surface area contributed by atoms with Gasteiger partial charge in [-0.3, -0.25) is 5.10 Å². The molecule has 0 unspecified atom stereocenters. The summed E-state index contributed by atoms with van der Waals surface area (Å²) >= 11 is 0. The van der Waals surface area contributed by atoms with Crippen LogP contribution < -0.4 is 10.1 Å². The Hall–Kier alpha value is -3.75. The highest BCUT2D eigenvalue weighted by atomic mass is 19.1. The van der Waals surface area contributed by atoms with Gasteiger partial charge in [-0.15, -0.1) is 0 Å². The average Bonchev–Trinajstić information content (AvgIpc) is 3.31. The molecule has 1 aliphatic rings. The molecule has 0 bridgehead atoms. The number of hydrogen-bond acceptors (Lipinski definition) is 7. The van der Waals surface area contributed by atoms with Gasteiger partial charge < -0.3 is 14.8 Å². The Morgan fingerprint density at radius 2 is 2.14 bits per heavy atom. The van der Waals surface area contributed by atoms with Gasteiger partial charge >= 0.3 is 5.97 Å². The first-order valence-corrected chi connectivity index (χ1v) is 9.01. The summed E-state index contributed by atoms with van der Waals surface area (Å²) in [5.41, 5.74) is 2.80. The van der Waals surface area contributed by atoms with Crippen LogP contribution in [0.1, 0.15) is 35.5 Å². The fourth-order valence-corrected chi connectivity index (χ4v) is 3.01. The number of carbonyl (C=O) groups excluding carboxylic acids is 1. The van der Waals surface area contributed by atoms with Crippen LogP contribution in [0, 0.1) is 5.82 Å². The van der Waals surface area contributed by atoms with Crippen LogP contribution in [0.15, 0.2) is 36.2 Å². The number of aromatic nitrogens is 4. The Morgan fingerprint density at radius 1 is 1.28 bits per heavy atom. The molecule has 2 N–H and O–H groups in total. The number of aromatic amines is 1. The molecule has 3 aromatic rings. The number of nitrogens with one attached hydrogen (secondary N) is 2. The highest BCUT2D eigenvalue weighted by Crippen LogP contribution is 2.34. The van der Waals surface area contributed by atoms with Crippen molar-refractivity contribution >= 4 is 23.7 Å². The Morgan fingerprint density at radius 3 is 2.97 bits per heavy atom. The second kappa shape index (κ2) is 7.70. The Labute approximate surface area is 165 Å². The first-order chi connectivity index (χ1) is 14.0. The minimum atomic E-state index is -0.504. The maximum atomic E-state index is 14.7. The molecular formula is C20H18FN5O3. The van der Waals surface area contributed by atoms with Crippen molar-refractivity contribution in [3.8, 4) is 11.6 Å². The first kappa shape index (κ1) is 18.6. The minimum Gasteiger partial charge on any atom is -0.461 e. The fourth-order valence-electron chi connectivity index (χ4n) is 3.01. The summed E-state index contributed by atoms with van der Waals surface area (Å²) < 4.78 is 25.3. The molecule has 0 atom stereocenters. The van der Waals surface area contributed by atoms with Crippen LogP contribution in [0.4, 0.5) is 16.0 Å². The van der Waals surface area contributed by atoms with E-state index in [0.29, 0.717) is 17.2 Å². The highest BCUT2D eigenvalue weighted by molar-refractivity contribution is 5.88. The van der Waals surface area contributed by atoms with Crippen LogP contribution >= 0.6 is 0 Å². The van der Waals surface area contributed by atoms with Gasteiger partial charge in [0.05, 0.1) is 6.61 Å². The predicted octanol–water partition coefficient (Wildman–Crippen LogP) is 4.01. The molecule has 4 rings (SSSR count). The Kier molecular flexibility index (Phi) is 4.94. The van der Waals surface area contributed by atoms with Gasteiger partial charge in [-0.2, -0.15) is 5.10 Å². The zero-order valence-electron chi connectivity index (χ0n) is 15.8. The van der Waals surface area contributed by atoms with Crippen molar-refractivity contribution in [3.63, 3.8) is 0 Å². The first-order valence-electron chi connectivity index (χ1n) is 9.01. The molecule has 0 fully saturated rings. The van der Waals surface area contributed by atoms with Gasteiger partial charge in [0.1, 0.15) is 17.8 Å². The summed E-state index contributed by atoms with van der Waals surface area (Å²) in [6, 6.07) is 6.44. The zero-order chi connectivity index (χ0) is 20.4. The molecule has 0 saturated carbocycles. The number of nitrogens with zero attached hydrogens (tertiary/aromatic N) is 3. The minimum absolute atomic E-state index is 0.0868.